The van der Waals surface area contributed by atoms with Crippen LogP contribution in [-0.4, -0.2) is 59.1 Å². The van der Waals surface area contributed by atoms with Gasteiger partial charge in [-0.15, -0.1) is 12.4 Å². The topological polar surface area (TPSA) is 78.0 Å². The summed E-state index contributed by atoms with van der Waals surface area (Å²) in [5, 5.41) is 5.90. The molecule has 1 aromatic rings. The zero-order valence-corrected chi connectivity index (χ0v) is 14.1. The molecule has 7 nitrogen and oxygen atoms in total. The molecule has 0 bridgehead atoms. The van der Waals surface area contributed by atoms with Gasteiger partial charge < -0.3 is 29.6 Å². The summed E-state index contributed by atoms with van der Waals surface area (Å²) in [5.74, 6) is 1.81. The van der Waals surface area contributed by atoms with Crippen molar-refractivity contribution in [3.05, 3.63) is 18.2 Å². The van der Waals surface area contributed by atoms with Gasteiger partial charge in [-0.25, -0.2) is 0 Å². The molecule has 1 saturated heterocycles. The standard InChI is InChI=1S/C15H22N2O5.ClH/c1-19-11-7-12(20-2)9-13(8-11)21-6-4-17-15(18)14-10-16-3-5-22-14;/h7-9,14,16H,3-6,10H2,1-2H3,(H,17,18);1H. The van der Waals surface area contributed by atoms with Gasteiger partial charge in [-0.3, -0.25) is 4.79 Å². The summed E-state index contributed by atoms with van der Waals surface area (Å²) < 4.78 is 21.3. The Morgan fingerprint density at radius 1 is 1.26 bits per heavy atom. The van der Waals surface area contributed by atoms with Crippen LogP contribution in [0.4, 0.5) is 0 Å². The fourth-order valence-electron chi connectivity index (χ4n) is 2.06. The maximum atomic E-state index is 11.8. The highest BCUT2D eigenvalue weighted by molar-refractivity contribution is 5.85. The molecule has 130 valence electrons. The predicted molar refractivity (Wildman–Crippen MR) is 87.9 cm³/mol. The summed E-state index contributed by atoms with van der Waals surface area (Å²) >= 11 is 0. The summed E-state index contributed by atoms with van der Waals surface area (Å²) in [6.07, 6.45) is -0.425. The summed E-state index contributed by atoms with van der Waals surface area (Å²) in [6.45, 7) is 2.63. The van der Waals surface area contributed by atoms with Crippen molar-refractivity contribution >= 4 is 18.3 Å². The number of carbonyl (C=O) groups is 1. The minimum absolute atomic E-state index is 0. The average molecular weight is 347 g/mol. The van der Waals surface area contributed by atoms with E-state index in [0.717, 1.165) is 6.54 Å². The van der Waals surface area contributed by atoms with Gasteiger partial charge in [-0.2, -0.15) is 0 Å². The van der Waals surface area contributed by atoms with E-state index in [4.69, 9.17) is 18.9 Å². The summed E-state index contributed by atoms with van der Waals surface area (Å²) in [6, 6.07) is 5.29. The highest BCUT2D eigenvalue weighted by Gasteiger charge is 2.20. The number of methoxy groups -OCH3 is 2. The number of benzene rings is 1. The summed E-state index contributed by atoms with van der Waals surface area (Å²) in [7, 11) is 3.16. The molecule has 0 saturated carbocycles. The van der Waals surface area contributed by atoms with Gasteiger partial charge in [0.05, 0.1) is 27.4 Å². The third-order valence-corrected chi connectivity index (χ3v) is 3.22. The number of halogens is 1. The van der Waals surface area contributed by atoms with Crippen molar-refractivity contribution in [2.75, 3.05) is 47.1 Å². The monoisotopic (exact) mass is 346 g/mol. The Balaban J connectivity index is 0.00000264. The van der Waals surface area contributed by atoms with Crippen LogP contribution in [-0.2, 0) is 9.53 Å². The van der Waals surface area contributed by atoms with Gasteiger partial charge in [0, 0.05) is 31.3 Å². The molecule has 23 heavy (non-hydrogen) atoms. The van der Waals surface area contributed by atoms with E-state index >= 15 is 0 Å². The molecule has 1 fully saturated rings. The van der Waals surface area contributed by atoms with E-state index in [0.29, 0.717) is 43.6 Å². The van der Waals surface area contributed by atoms with Crippen LogP contribution in [0.1, 0.15) is 0 Å². The van der Waals surface area contributed by atoms with Crippen LogP contribution in [0.2, 0.25) is 0 Å². The van der Waals surface area contributed by atoms with E-state index in [1.807, 2.05) is 0 Å². The Kier molecular flexibility index (Phi) is 8.53. The van der Waals surface area contributed by atoms with Crippen LogP contribution in [0.3, 0.4) is 0 Å². The van der Waals surface area contributed by atoms with Gasteiger partial charge in [-0.05, 0) is 0 Å². The Hall–Kier alpha value is -1.70. The lowest BCUT2D eigenvalue weighted by Gasteiger charge is -2.22. The minimum Gasteiger partial charge on any atom is -0.496 e. The van der Waals surface area contributed by atoms with Crippen LogP contribution in [0.25, 0.3) is 0 Å². The van der Waals surface area contributed by atoms with Gasteiger partial charge in [0.1, 0.15) is 30.0 Å². The van der Waals surface area contributed by atoms with Crippen molar-refractivity contribution in [2.45, 2.75) is 6.10 Å². The van der Waals surface area contributed by atoms with Crippen LogP contribution in [0, 0.1) is 0 Å². The molecule has 1 aromatic carbocycles. The smallest absolute Gasteiger partial charge is 0.250 e. The van der Waals surface area contributed by atoms with Gasteiger partial charge >= 0.3 is 0 Å². The van der Waals surface area contributed by atoms with Crippen LogP contribution >= 0.6 is 12.4 Å². The molecular weight excluding hydrogens is 324 g/mol. The molecule has 1 unspecified atom stereocenters. The highest BCUT2D eigenvalue weighted by atomic mass is 35.5. The van der Waals surface area contributed by atoms with Gasteiger partial charge in [-0.1, -0.05) is 0 Å². The van der Waals surface area contributed by atoms with Crippen LogP contribution in [0.5, 0.6) is 17.2 Å². The molecular formula is C15H23ClN2O5. The number of nitrogens with one attached hydrogen (secondary N) is 2. The predicted octanol–water partition coefficient (Wildman–Crippen LogP) is 0.609. The first kappa shape index (κ1) is 19.3. The van der Waals surface area contributed by atoms with Crippen molar-refractivity contribution in [1.82, 2.24) is 10.6 Å². The van der Waals surface area contributed by atoms with Gasteiger partial charge in [0.15, 0.2) is 0 Å². The molecule has 2 N–H and O–H groups in total. The lowest BCUT2D eigenvalue weighted by molar-refractivity contribution is -0.134. The average Bonchev–Trinajstić information content (AvgIpc) is 2.58. The molecule has 0 aliphatic carbocycles. The number of hydrogen-bond acceptors (Lipinski definition) is 6. The van der Waals surface area contributed by atoms with E-state index in [9.17, 15) is 4.79 Å². The molecule has 1 aliphatic rings. The normalized spacial score (nSPS) is 16.9. The third-order valence-electron chi connectivity index (χ3n) is 3.22. The second-order valence-electron chi connectivity index (χ2n) is 4.75. The van der Waals surface area contributed by atoms with E-state index in [2.05, 4.69) is 10.6 Å². The number of morpholine rings is 1. The number of carbonyl (C=O) groups excluding carboxylic acids is 1. The second-order valence-corrected chi connectivity index (χ2v) is 4.75. The first-order valence-corrected chi connectivity index (χ1v) is 7.19. The van der Waals surface area contributed by atoms with Crippen molar-refractivity contribution in [3.8, 4) is 17.2 Å². The maximum Gasteiger partial charge on any atom is 0.250 e. The minimum atomic E-state index is -0.425. The van der Waals surface area contributed by atoms with E-state index in [1.165, 1.54) is 0 Å². The Bertz CT molecular complexity index is 473. The quantitative estimate of drug-likeness (QED) is 0.704. The van der Waals surface area contributed by atoms with Crippen molar-refractivity contribution in [1.29, 1.82) is 0 Å². The Morgan fingerprint density at radius 2 is 1.91 bits per heavy atom. The number of ether oxygens (including phenoxy) is 4. The Labute approximate surface area is 142 Å². The Morgan fingerprint density at radius 3 is 2.48 bits per heavy atom. The fraction of sp³-hybridized carbons (Fsp3) is 0.533. The summed E-state index contributed by atoms with van der Waals surface area (Å²) in [4.78, 5) is 11.8. The van der Waals surface area contributed by atoms with E-state index in [-0.39, 0.29) is 18.3 Å². The number of hydrogen-bond donors (Lipinski definition) is 2. The molecule has 0 radical (unpaired) electrons. The largest absolute Gasteiger partial charge is 0.496 e. The molecule has 1 heterocycles. The highest BCUT2D eigenvalue weighted by Crippen LogP contribution is 2.27. The van der Waals surface area contributed by atoms with Crippen molar-refractivity contribution in [3.63, 3.8) is 0 Å². The molecule has 0 aromatic heterocycles. The SMILES string of the molecule is COc1cc(OC)cc(OCCNC(=O)C2CNCCO2)c1.Cl. The van der Waals surface area contributed by atoms with Crippen LogP contribution < -0.4 is 24.8 Å². The van der Waals surface area contributed by atoms with Crippen molar-refractivity contribution in [2.24, 2.45) is 0 Å². The molecule has 2 rings (SSSR count). The second kappa shape index (κ2) is 10.1. The number of amides is 1. The third kappa shape index (κ3) is 6.13. The zero-order chi connectivity index (χ0) is 15.8. The number of rotatable bonds is 7. The van der Waals surface area contributed by atoms with Crippen LogP contribution in [0.15, 0.2) is 18.2 Å². The molecule has 1 atom stereocenters. The van der Waals surface area contributed by atoms with E-state index in [1.54, 1.807) is 32.4 Å². The lowest BCUT2D eigenvalue weighted by atomic mass is 10.3. The molecule has 1 aliphatic heterocycles. The first-order chi connectivity index (χ1) is 10.7. The fourth-order valence-corrected chi connectivity index (χ4v) is 2.06. The van der Waals surface area contributed by atoms with Crippen molar-refractivity contribution < 1.29 is 23.7 Å². The molecule has 1 amide bonds. The first-order valence-electron chi connectivity index (χ1n) is 7.19. The van der Waals surface area contributed by atoms with Gasteiger partial charge in [0.2, 0.25) is 0 Å². The summed E-state index contributed by atoms with van der Waals surface area (Å²) in [5.41, 5.74) is 0. The molecule has 0 spiro atoms. The lowest BCUT2D eigenvalue weighted by Crippen LogP contribution is -2.48. The maximum absolute atomic E-state index is 11.8. The molecule has 8 heteroatoms. The van der Waals surface area contributed by atoms with Gasteiger partial charge in [0.25, 0.3) is 5.91 Å². The van der Waals surface area contributed by atoms with E-state index < -0.39 is 6.10 Å². The zero-order valence-electron chi connectivity index (χ0n) is 13.3.